The van der Waals surface area contributed by atoms with Crippen LogP contribution in [0.15, 0.2) is 18.2 Å². The summed E-state index contributed by atoms with van der Waals surface area (Å²) in [6.07, 6.45) is 0.375. The summed E-state index contributed by atoms with van der Waals surface area (Å²) in [7, 11) is 4.01. The Morgan fingerprint density at radius 2 is 2.14 bits per heavy atom. The number of Topliss-reactive ketones (excluding diaryl/α,β-unsaturated/α-hetero) is 1. The molecule has 2 aliphatic rings. The Bertz CT molecular complexity index is 600. The van der Waals surface area contributed by atoms with Crippen molar-refractivity contribution >= 4 is 23.1 Å². The minimum Gasteiger partial charge on any atom is -0.391 e. The van der Waals surface area contributed by atoms with Gasteiger partial charge in [-0.2, -0.15) is 0 Å². The van der Waals surface area contributed by atoms with Gasteiger partial charge in [-0.25, -0.2) is 0 Å². The van der Waals surface area contributed by atoms with Gasteiger partial charge in [0.2, 0.25) is 0 Å². The summed E-state index contributed by atoms with van der Waals surface area (Å²) in [4.78, 5) is 27.3. The molecule has 2 unspecified atom stereocenters. The number of hydrogen-bond acceptors (Lipinski definition) is 5. The van der Waals surface area contributed by atoms with Gasteiger partial charge in [0.05, 0.1) is 17.4 Å². The summed E-state index contributed by atoms with van der Waals surface area (Å²) in [5.41, 5.74) is 1.91. The Morgan fingerprint density at radius 1 is 1.38 bits per heavy atom. The van der Waals surface area contributed by atoms with Crippen molar-refractivity contribution in [2.75, 3.05) is 37.4 Å². The molecule has 1 saturated heterocycles. The van der Waals surface area contributed by atoms with Gasteiger partial charge in [0.25, 0.3) is 11.7 Å². The van der Waals surface area contributed by atoms with Gasteiger partial charge in [0.15, 0.2) is 0 Å². The molecule has 0 aromatic heterocycles. The Hall–Kier alpha value is -1.92. The Balaban J connectivity index is 1.88. The number of likely N-dealkylation sites (N-methyl/N-ethyl adjacent to an activating group) is 1. The van der Waals surface area contributed by atoms with Crippen LogP contribution in [0.5, 0.6) is 0 Å². The zero-order valence-corrected chi connectivity index (χ0v) is 12.2. The standard InChI is InChI=1S/C15H19N3O3/c1-17(2)7-10-5-11(19)8-18(10)9-3-4-12-13(6-9)16-15(21)14(12)20/h3-4,6,10-11,19H,5,7-8H2,1-2H3,(H,16,20,21). The number of nitrogens with one attached hydrogen (secondary N) is 1. The van der Waals surface area contributed by atoms with Gasteiger partial charge in [-0.3, -0.25) is 9.59 Å². The van der Waals surface area contributed by atoms with Crippen molar-refractivity contribution < 1.29 is 14.7 Å². The molecule has 1 amide bonds. The first-order valence-corrected chi connectivity index (χ1v) is 7.05. The lowest BCUT2D eigenvalue weighted by molar-refractivity contribution is -0.112. The predicted octanol–water partition coefficient (Wildman–Crippen LogP) is 0.323. The van der Waals surface area contributed by atoms with E-state index in [9.17, 15) is 14.7 Å². The number of benzene rings is 1. The van der Waals surface area contributed by atoms with Gasteiger partial charge in [0.1, 0.15) is 0 Å². The van der Waals surface area contributed by atoms with Crippen LogP contribution in [-0.2, 0) is 4.79 Å². The second kappa shape index (κ2) is 5.13. The predicted molar refractivity (Wildman–Crippen MR) is 79.7 cm³/mol. The summed E-state index contributed by atoms with van der Waals surface area (Å²) in [6, 6.07) is 5.57. The molecule has 1 aromatic rings. The molecule has 3 rings (SSSR count). The van der Waals surface area contributed by atoms with E-state index in [1.54, 1.807) is 6.07 Å². The number of aliphatic hydroxyl groups is 1. The fraction of sp³-hybridized carbons (Fsp3) is 0.467. The van der Waals surface area contributed by atoms with E-state index in [2.05, 4.69) is 15.1 Å². The summed E-state index contributed by atoms with van der Waals surface area (Å²) < 4.78 is 0. The maximum absolute atomic E-state index is 11.6. The van der Waals surface area contributed by atoms with E-state index in [4.69, 9.17) is 0 Å². The molecule has 6 heteroatoms. The number of carbonyl (C=O) groups is 2. The lowest BCUT2D eigenvalue weighted by atomic mass is 10.1. The van der Waals surface area contributed by atoms with Crippen molar-refractivity contribution in [2.24, 2.45) is 0 Å². The topological polar surface area (TPSA) is 72.9 Å². The molecular formula is C15H19N3O3. The number of rotatable bonds is 3. The number of hydrogen-bond donors (Lipinski definition) is 2. The maximum atomic E-state index is 11.6. The van der Waals surface area contributed by atoms with E-state index in [1.165, 1.54) is 0 Å². The zero-order valence-electron chi connectivity index (χ0n) is 12.2. The van der Waals surface area contributed by atoms with Crippen LogP contribution >= 0.6 is 0 Å². The lowest BCUT2D eigenvalue weighted by Crippen LogP contribution is -2.37. The number of aliphatic hydroxyl groups excluding tert-OH is 1. The van der Waals surface area contributed by atoms with Crippen LogP contribution in [0.1, 0.15) is 16.8 Å². The van der Waals surface area contributed by atoms with E-state index in [0.717, 1.165) is 18.7 Å². The van der Waals surface area contributed by atoms with Crippen LogP contribution in [0.3, 0.4) is 0 Å². The lowest BCUT2D eigenvalue weighted by Gasteiger charge is -2.29. The number of nitrogens with zero attached hydrogens (tertiary/aromatic N) is 2. The van der Waals surface area contributed by atoms with Crippen LogP contribution in [0.2, 0.25) is 0 Å². The monoisotopic (exact) mass is 289 g/mol. The highest BCUT2D eigenvalue weighted by molar-refractivity contribution is 6.51. The first-order chi connectivity index (χ1) is 9.95. The second-order valence-corrected chi connectivity index (χ2v) is 5.97. The summed E-state index contributed by atoms with van der Waals surface area (Å²) in [5, 5.41) is 12.5. The molecule has 1 aromatic carbocycles. The number of carbonyl (C=O) groups excluding carboxylic acids is 2. The summed E-state index contributed by atoms with van der Waals surface area (Å²) in [6.45, 7) is 1.42. The molecule has 112 valence electrons. The molecule has 0 spiro atoms. The van der Waals surface area contributed by atoms with E-state index < -0.39 is 11.7 Å². The van der Waals surface area contributed by atoms with Gasteiger partial charge in [-0.1, -0.05) is 0 Å². The molecule has 6 nitrogen and oxygen atoms in total. The van der Waals surface area contributed by atoms with Gasteiger partial charge in [-0.15, -0.1) is 0 Å². The number of amides is 1. The Labute approximate surface area is 123 Å². The molecule has 0 aliphatic carbocycles. The molecular weight excluding hydrogens is 270 g/mol. The zero-order chi connectivity index (χ0) is 15.1. The van der Waals surface area contributed by atoms with E-state index in [-0.39, 0.29) is 12.1 Å². The van der Waals surface area contributed by atoms with Crippen molar-refractivity contribution in [1.82, 2.24) is 4.90 Å². The highest BCUT2D eigenvalue weighted by atomic mass is 16.3. The number of β-amino-alcohol motifs (C(OH)–C–C–N with tert-alkyl or cyclic N) is 1. The van der Waals surface area contributed by atoms with Crippen LogP contribution in [-0.4, -0.2) is 61.0 Å². The third-order valence-electron chi connectivity index (χ3n) is 4.00. The molecule has 0 saturated carbocycles. The third kappa shape index (κ3) is 2.52. The highest BCUT2D eigenvalue weighted by Gasteiger charge is 2.33. The molecule has 2 aliphatic heterocycles. The average Bonchev–Trinajstić information content (AvgIpc) is 2.90. The molecule has 2 heterocycles. The first kappa shape index (κ1) is 14.0. The SMILES string of the molecule is CN(C)CC1CC(O)CN1c1ccc2c(c1)NC(=O)C2=O. The minimum atomic E-state index is -0.576. The van der Waals surface area contributed by atoms with Crippen LogP contribution in [0.25, 0.3) is 0 Å². The largest absolute Gasteiger partial charge is 0.391 e. The van der Waals surface area contributed by atoms with Gasteiger partial charge in [-0.05, 0) is 38.7 Å². The molecule has 21 heavy (non-hydrogen) atoms. The van der Waals surface area contributed by atoms with Crippen LogP contribution < -0.4 is 10.2 Å². The smallest absolute Gasteiger partial charge is 0.296 e. The fourth-order valence-corrected chi connectivity index (χ4v) is 3.12. The van der Waals surface area contributed by atoms with E-state index >= 15 is 0 Å². The first-order valence-electron chi connectivity index (χ1n) is 7.05. The molecule has 1 fully saturated rings. The van der Waals surface area contributed by atoms with Crippen molar-refractivity contribution in [1.29, 1.82) is 0 Å². The normalized spacial score (nSPS) is 24.7. The fourth-order valence-electron chi connectivity index (χ4n) is 3.12. The quantitative estimate of drug-likeness (QED) is 0.784. The van der Waals surface area contributed by atoms with Crippen molar-refractivity contribution in [3.63, 3.8) is 0 Å². The second-order valence-electron chi connectivity index (χ2n) is 5.97. The van der Waals surface area contributed by atoms with E-state index in [1.807, 2.05) is 26.2 Å². The molecule has 0 bridgehead atoms. The molecule has 2 atom stereocenters. The minimum absolute atomic E-state index is 0.223. The van der Waals surface area contributed by atoms with Crippen molar-refractivity contribution in [3.8, 4) is 0 Å². The molecule has 0 radical (unpaired) electrons. The Kier molecular flexibility index (Phi) is 3.43. The van der Waals surface area contributed by atoms with Gasteiger partial charge < -0.3 is 20.2 Å². The van der Waals surface area contributed by atoms with Gasteiger partial charge >= 0.3 is 0 Å². The summed E-state index contributed by atoms with van der Waals surface area (Å²) >= 11 is 0. The maximum Gasteiger partial charge on any atom is 0.296 e. The van der Waals surface area contributed by atoms with Gasteiger partial charge in [0, 0.05) is 24.8 Å². The van der Waals surface area contributed by atoms with Crippen molar-refractivity contribution in [2.45, 2.75) is 18.6 Å². The number of anilines is 2. The Morgan fingerprint density at radius 3 is 2.86 bits per heavy atom. The van der Waals surface area contributed by atoms with Crippen LogP contribution in [0.4, 0.5) is 11.4 Å². The number of fused-ring (bicyclic) bond motifs is 1. The number of ketones is 1. The third-order valence-corrected chi connectivity index (χ3v) is 4.00. The summed E-state index contributed by atoms with van der Waals surface area (Å²) in [5.74, 6) is -1.06. The van der Waals surface area contributed by atoms with Crippen LogP contribution in [0, 0.1) is 0 Å². The average molecular weight is 289 g/mol. The molecule has 2 N–H and O–H groups in total. The van der Waals surface area contributed by atoms with E-state index in [0.29, 0.717) is 17.8 Å². The highest BCUT2D eigenvalue weighted by Crippen LogP contribution is 2.32. The van der Waals surface area contributed by atoms with Crippen molar-refractivity contribution in [3.05, 3.63) is 23.8 Å².